The van der Waals surface area contributed by atoms with Crippen LogP contribution in [0.1, 0.15) is 60.8 Å². The Hall–Kier alpha value is -5.10. The maximum absolute atomic E-state index is 12.9. The number of hydrogen-bond acceptors (Lipinski definition) is 6. The first-order chi connectivity index (χ1) is 23.4. The Kier molecular flexibility index (Phi) is 11.9. The molecule has 0 saturated heterocycles. The number of fused-ring (bicyclic) bond motifs is 10. The number of carbonyl (C=O) groups excluding carboxylic acids is 2. The maximum Gasteiger partial charge on any atom is 0.155 e. The van der Waals surface area contributed by atoms with Crippen molar-refractivity contribution in [2.75, 3.05) is 28.4 Å². The smallest absolute Gasteiger partial charge is 0.155 e. The van der Waals surface area contributed by atoms with E-state index < -0.39 is 0 Å². The fraction of sp³-hybridized carbons (Fsp3) is 0.286. The third kappa shape index (κ3) is 8.62. The molecule has 0 N–H and O–H groups in total. The summed E-state index contributed by atoms with van der Waals surface area (Å²) in [5.41, 5.74) is 7.76. The lowest BCUT2D eigenvalue weighted by atomic mass is 9.96. The molecule has 1 aliphatic rings. The summed E-state index contributed by atoms with van der Waals surface area (Å²) >= 11 is 0. The third-order valence-electron chi connectivity index (χ3n) is 8.76. The standard InChI is InChI=1S/C42H44O6/c1-45-39-21-15-29-9-5-7-11-34(44)20-14-32-18-24-42(48-4)38(28-32)36-26-30(16-22-40(36)46-2)10-6-8-12-33(43)19-13-31-17-23-41(47-3)37(27-31)35(39)25-29/h13-28H,5-12H2,1-4H3/b19-13-,20-14+. The number of allylic oxidation sites excluding steroid dienone is 2. The zero-order valence-corrected chi connectivity index (χ0v) is 28.3. The molecule has 0 aliphatic heterocycles. The van der Waals surface area contributed by atoms with Crippen molar-refractivity contribution in [3.05, 3.63) is 107 Å². The van der Waals surface area contributed by atoms with Crippen molar-refractivity contribution in [3.8, 4) is 45.3 Å². The predicted molar refractivity (Wildman–Crippen MR) is 193 cm³/mol. The molecule has 48 heavy (non-hydrogen) atoms. The molecule has 248 valence electrons. The Bertz CT molecular complexity index is 1680. The van der Waals surface area contributed by atoms with Crippen LogP contribution < -0.4 is 18.9 Å². The Labute approximate surface area is 284 Å². The SMILES string of the molecule is COc1ccc2cc1-c1cc(ccc1OC)CCCCC(=O)/C=C/c1ccc(OC)c(c1)-c1cc(ccc1OC)CCCCC(=O)/C=C\2. The quantitative estimate of drug-likeness (QED) is 0.221. The monoisotopic (exact) mass is 644 g/mol. The van der Waals surface area contributed by atoms with Gasteiger partial charge in [-0.3, -0.25) is 9.59 Å². The molecule has 1 aliphatic carbocycles. The van der Waals surface area contributed by atoms with Gasteiger partial charge < -0.3 is 18.9 Å². The number of hydrogen-bond donors (Lipinski definition) is 0. The molecule has 4 aromatic carbocycles. The second kappa shape index (κ2) is 16.6. The van der Waals surface area contributed by atoms with Crippen LogP contribution in [0.3, 0.4) is 0 Å². The summed E-state index contributed by atoms with van der Waals surface area (Å²) in [4.78, 5) is 25.7. The molecule has 4 aromatic rings. The maximum atomic E-state index is 12.9. The van der Waals surface area contributed by atoms with Gasteiger partial charge in [-0.2, -0.15) is 0 Å². The molecule has 0 radical (unpaired) electrons. The summed E-state index contributed by atoms with van der Waals surface area (Å²) in [5, 5.41) is 0. The van der Waals surface area contributed by atoms with Crippen LogP contribution in [0, 0.1) is 0 Å². The Morgan fingerprint density at radius 2 is 0.729 bits per heavy atom. The van der Waals surface area contributed by atoms with Gasteiger partial charge in [-0.05, 0) is 121 Å². The van der Waals surface area contributed by atoms with Crippen molar-refractivity contribution >= 4 is 23.7 Å². The number of methoxy groups -OCH3 is 4. The van der Waals surface area contributed by atoms with Crippen molar-refractivity contribution in [1.29, 1.82) is 0 Å². The van der Waals surface area contributed by atoms with Crippen molar-refractivity contribution in [2.24, 2.45) is 0 Å². The van der Waals surface area contributed by atoms with E-state index in [1.54, 1.807) is 40.6 Å². The minimum Gasteiger partial charge on any atom is -0.496 e. The highest BCUT2D eigenvalue weighted by Gasteiger charge is 2.15. The fourth-order valence-corrected chi connectivity index (χ4v) is 6.12. The van der Waals surface area contributed by atoms with Gasteiger partial charge in [0.1, 0.15) is 23.0 Å². The van der Waals surface area contributed by atoms with Crippen molar-refractivity contribution < 1.29 is 28.5 Å². The average Bonchev–Trinajstić information content (AvgIpc) is 3.12. The van der Waals surface area contributed by atoms with Gasteiger partial charge in [0.05, 0.1) is 28.4 Å². The lowest BCUT2D eigenvalue weighted by Crippen LogP contribution is -1.97. The van der Waals surface area contributed by atoms with Crippen LogP contribution in [0.5, 0.6) is 23.0 Å². The first kappa shape index (κ1) is 34.2. The van der Waals surface area contributed by atoms with E-state index in [1.807, 2.05) is 60.7 Å². The molecule has 0 spiro atoms. The number of ketones is 2. The number of carbonyl (C=O) groups is 2. The van der Waals surface area contributed by atoms with Gasteiger partial charge in [-0.15, -0.1) is 0 Å². The topological polar surface area (TPSA) is 71.1 Å². The fourth-order valence-electron chi connectivity index (χ4n) is 6.12. The van der Waals surface area contributed by atoms with E-state index in [9.17, 15) is 9.59 Å². The van der Waals surface area contributed by atoms with E-state index in [2.05, 4.69) is 24.3 Å². The summed E-state index contributed by atoms with van der Waals surface area (Å²) in [5.74, 6) is 3.13. The summed E-state index contributed by atoms with van der Waals surface area (Å²) < 4.78 is 22.9. The highest BCUT2D eigenvalue weighted by Crippen LogP contribution is 2.39. The molecule has 0 atom stereocenters. The van der Waals surface area contributed by atoms with E-state index in [4.69, 9.17) is 18.9 Å². The number of ether oxygens (including phenoxy) is 4. The van der Waals surface area contributed by atoms with Crippen LogP contribution in [-0.4, -0.2) is 40.0 Å². The molecular formula is C42H44O6. The first-order valence-electron chi connectivity index (χ1n) is 16.5. The van der Waals surface area contributed by atoms with Crippen LogP contribution in [-0.2, 0) is 22.4 Å². The summed E-state index contributed by atoms with van der Waals surface area (Å²) in [6.07, 6.45) is 13.0. The van der Waals surface area contributed by atoms with E-state index in [1.165, 1.54) is 0 Å². The molecule has 0 heterocycles. The Morgan fingerprint density at radius 3 is 1.10 bits per heavy atom. The highest BCUT2D eigenvalue weighted by atomic mass is 16.5. The lowest BCUT2D eigenvalue weighted by molar-refractivity contribution is -0.115. The Morgan fingerprint density at radius 1 is 0.396 bits per heavy atom. The normalized spacial score (nSPS) is 15.7. The van der Waals surface area contributed by atoms with Gasteiger partial charge in [0.2, 0.25) is 0 Å². The molecular weight excluding hydrogens is 600 g/mol. The van der Waals surface area contributed by atoms with Crippen LogP contribution >= 0.6 is 0 Å². The minimum atomic E-state index is 0.0943. The molecule has 6 nitrogen and oxygen atoms in total. The van der Waals surface area contributed by atoms with Crippen LogP contribution in [0.4, 0.5) is 0 Å². The summed E-state index contributed by atoms with van der Waals surface area (Å²) in [6.45, 7) is 0. The van der Waals surface area contributed by atoms with E-state index in [-0.39, 0.29) is 11.6 Å². The largest absolute Gasteiger partial charge is 0.496 e. The van der Waals surface area contributed by atoms with Crippen molar-refractivity contribution in [2.45, 2.75) is 51.4 Å². The molecule has 0 amide bonds. The molecule has 0 unspecified atom stereocenters. The van der Waals surface area contributed by atoms with Crippen molar-refractivity contribution in [3.63, 3.8) is 0 Å². The Balaban J connectivity index is 1.46. The van der Waals surface area contributed by atoms with Crippen LogP contribution in [0.25, 0.3) is 34.4 Å². The molecule has 0 aromatic heterocycles. The van der Waals surface area contributed by atoms with Crippen molar-refractivity contribution in [1.82, 2.24) is 0 Å². The predicted octanol–water partition coefficient (Wildman–Crippen LogP) is 9.36. The van der Waals surface area contributed by atoms with Gasteiger partial charge in [0, 0.05) is 35.1 Å². The van der Waals surface area contributed by atoms with Gasteiger partial charge in [0.25, 0.3) is 0 Å². The zero-order chi connectivity index (χ0) is 33.9. The molecule has 6 heteroatoms. The van der Waals surface area contributed by atoms with E-state index >= 15 is 0 Å². The first-order valence-corrected chi connectivity index (χ1v) is 16.5. The van der Waals surface area contributed by atoms with Gasteiger partial charge in [0.15, 0.2) is 11.6 Å². The lowest BCUT2D eigenvalue weighted by Gasteiger charge is -2.15. The van der Waals surface area contributed by atoms with Crippen LogP contribution in [0.15, 0.2) is 84.9 Å². The number of aryl methyl sites for hydroxylation is 2. The van der Waals surface area contributed by atoms with Gasteiger partial charge in [-0.25, -0.2) is 0 Å². The highest BCUT2D eigenvalue weighted by molar-refractivity contribution is 5.94. The average molecular weight is 645 g/mol. The third-order valence-corrected chi connectivity index (χ3v) is 8.76. The number of benzene rings is 4. The molecule has 5 rings (SSSR count). The van der Waals surface area contributed by atoms with Gasteiger partial charge in [-0.1, -0.05) is 36.4 Å². The van der Waals surface area contributed by atoms with E-state index in [0.717, 1.165) is 106 Å². The minimum absolute atomic E-state index is 0.0943. The summed E-state index contributed by atoms with van der Waals surface area (Å²) in [7, 11) is 6.64. The van der Waals surface area contributed by atoms with E-state index in [0.29, 0.717) is 12.8 Å². The second-order valence-corrected chi connectivity index (χ2v) is 12.0. The molecule has 8 bridgehead atoms. The molecule has 0 fully saturated rings. The van der Waals surface area contributed by atoms with Gasteiger partial charge >= 0.3 is 0 Å². The number of rotatable bonds is 4. The molecule has 0 saturated carbocycles. The summed E-state index contributed by atoms with van der Waals surface area (Å²) in [6, 6.07) is 24.2. The zero-order valence-electron chi connectivity index (χ0n) is 28.3. The second-order valence-electron chi connectivity index (χ2n) is 12.0. The van der Waals surface area contributed by atoms with Crippen LogP contribution in [0.2, 0.25) is 0 Å².